The van der Waals surface area contributed by atoms with Crippen LogP contribution in [0.1, 0.15) is 0 Å². The molecular formula is C54H33N9+6. The number of hydrogen-bond donors (Lipinski definition) is 0. The molecule has 0 saturated carbocycles. The molecule has 0 aliphatic carbocycles. The third kappa shape index (κ3) is 3.89. The maximum atomic E-state index is 2.41. The topological polar surface area (TPSA) is 37.8 Å². The van der Waals surface area contributed by atoms with Gasteiger partial charge >= 0.3 is 0 Å². The summed E-state index contributed by atoms with van der Waals surface area (Å²) < 4.78 is 20.5. The Morgan fingerprint density at radius 2 is 0.413 bits per heavy atom. The van der Waals surface area contributed by atoms with Gasteiger partial charge in [-0.2, -0.15) is 0 Å². The van der Waals surface area contributed by atoms with Crippen LogP contribution in [0, 0.1) is 0 Å². The van der Waals surface area contributed by atoms with Gasteiger partial charge in [0, 0.05) is 72.8 Å². The van der Waals surface area contributed by atoms with Gasteiger partial charge in [-0.1, -0.05) is 0 Å². The Hall–Kier alpha value is -8.82. The Morgan fingerprint density at radius 3 is 0.619 bits per heavy atom. The highest BCUT2D eigenvalue weighted by atomic mass is 15.5. The summed E-state index contributed by atoms with van der Waals surface area (Å²) in [4.78, 5) is 0. The highest BCUT2D eigenvalue weighted by Crippen LogP contribution is 2.41. The van der Waals surface area contributed by atoms with E-state index in [0.717, 1.165) is 0 Å². The number of nitrogens with zero attached hydrogens (tertiary/aromatic N) is 9. The highest BCUT2D eigenvalue weighted by Gasteiger charge is 2.34. The van der Waals surface area contributed by atoms with Gasteiger partial charge in [-0.05, 0) is 151 Å². The van der Waals surface area contributed by atoms with E-state index in [4.69, 9.17) is 0 Å². The van der Waals surface area contributed by atoms with Crippen LogP contribution in [0.4, 0.5) is 0 Å². The lowest BCUT2D eigenvalue weighted by Gasteiger charge is -2.12. The molecule has 12 heterocycles. The first kappa shape index (κ1) is 32.0. The molecule has 0 saturated heterocycles. The van der Waals surface area contributed by atoms with Crippen LogP contribution in [0.5, 0.6) is 0 Å². The van der Waals surface area contributed by atoms with Gasteiger partial charge in [0.2, 0.25) is 37.2 Å². The average Bonchev–Trinajstić information content (AvgIpc) is 4.18. The molecule has 9 nitrogen and oxygen atoms in total. The van der Waals surface area contributed by atoms with Crippen LogP contribution in [0.25, 0.3) is 115 Å². The lowest BCUT2D eigenvalue weighted by atomic mass is 9.90. The Morgan fingerprint density at radius 1 is 0.222 bits per heavy atom. The predicted molar refractivity (Wildman–Crippen MR) is 241 cm³/mol. The van der Waals surface area contributed by atoms with E-state index in [1.165, 1.54) is 115 Å². The molecule has 0 unspecified atom stereocenters. The standard InChI is InChI=1S/C54H33N9/c1-7-19-55-46(13-1)40-28-37(29-41-47-14-2-8-20-56(47)61(55)52(40)41)34-25-35(38-30-42-48-15-3-9-21-57(48)62-53(42)43(31-38)49-16-4-10-22-58(49)62)27-36(26-34)39-32-44-50-17-5-11-23-59(50)63-54(44)45(33-39)51-18-6-12-24-60(51)63/h1-33H/q+6. The summed E-state index contributed by atoms with van der Waals surface area (Å²) in [5, 5.41) is 7.33. The molecule has 16 rings (SSSR count). The second-order valence-electron chi connectivity index (χ2n) is 17.0. The Bertz CT molecular complexity index is 3900. The van der Waals surface area contributed by atoms with Crippen LogP contribution in [-0.2, 0) is 0 Å². The first-order chi connectivity index (χ1) is 31.2. The highest BCUT2D eigenvalue weighted by molar-refractivity contribution is 6.13. The van der Waals surface area contributed by atoms with Crippen LogP contribution >= 0.6 is 0 Å². The maximum absolute atomic E-state index is 2.41. The zero-order chi connectivity index (χ0) is 40.7. The molecule has 0 bridgehead atoms. The van der Waals surface area contributed by atoms with Crippen LogP contribution in [0.2, 0.25) is 0 Å². The molecule has 0 N–H and O–H groups in total. The van der Waals surface area contributed by atoms with Crippen molar-refractivity contribution >= 4 is 82.0 Å². The summed E-state index contributed by atoms with van der Waals surface area (Å²) in [5.41, 5.74) is 17.7. The van der Waals surface area contributed by atoms with E-state index < -0.39 is 0 Å². The molecule has 0 radical (unpaired) electrons. The van der Waals surface area contributed by atoms with Crippen molar-refractivity contribution in [3.8, 4) is 33.4 Å². The van der Waals surface area contributed by atoms with E-state index in [1.54, 1.807) is 0 Å². The fourth-order valence-corrected chi connectivity index (χ4v) is 11.2. The van der Waals surface area contributed by atoms with E-state index in [9.17, 15) is 0 Å². The quantitative estimate of drug-likeness (QED) is 0.165. The molecule has 16 aromatic rings. The van der Waals surface area contributed by atoms with E-state index >= 15 is 0 Å². The molecule has 0 fully saturated rings. The van der Waals surface area contributed by atoms with Crippen molar-refractivity contribution in [3.63, 3.8) is 0 Å². The first-order valence-electron chi connectivity index (χ1n) is 21.4. The number of benzene rings is 4. The largest absolute Gasteiger partial charge is 0.251 e. The minimum absolute atomic E-state index is 1.17. The molecule has 0 amide bonds. The van der Waals surface area contributed by atoms with Gasteiger partial charge in [-0.3, -0.25) is 0 Å². The van der Waals surface area contributed by atoms with Gasteiger partial charge in [0.1, 0.15) is 0 Å². The molecular weight excluding hydrogens is 775 g/mol. The SMILES string of the molecule is c1cc[n+]2c(c1)c1cc(-c3cc(-c4cc5c6c(c4)c4cccc[n+]4n6[n+]4ccccc54)cc(-c4cc5c6c(c4)c4cccc[n+]4n6[n+]4ccccc54)c3)cc3c1n2[n+]1ccccc31. The summed E-state index contributed by atoms with van der Waals surface area (Å²) >= 11 is 0. The van der Waals surface area contributed by atoms with Gasteiger partial charge in [-0.15, -0.1) is 0 Å². The normalized spacial score (nSPS) is 12.8. The third-order valence-electron chi connectivity index (χ3n) is 13.8. The number of aromatic nitrogens is 9. The van der Waals surface area contributed by atoms with Crippen LogP contribution in [0.15, 0.2) is 201 Å². The second-order valence-corrected chi connectivity index (χ2v) is 17.0. The van der Waals surface area contributed by atoms with Crippen molar-refractivity contribution in [2.24, 2.45) is 0 Å². The summed E-state index contributed by atoms with van der Waals surface area (Å²) in [6, 6.07) is 60.5. The number of fused-ring (bicyclic) bond motifs is 18. The summed E-state index contributed by atoms with van der Waals surface area (Å²) in [6.45, 7) is 0. The molecule has 0 atom stereocenters. The molecule has 0 aliphatic rings. The summed E-state index contributed by atoms with van der Waals surface area (Å²) in [5.74, 6) is 0. The monoisotopic (exact) mass is 807 g/mol. The molecule has 9 heteroatoms. The van der Waals surface area contributed by atoms with Crippen molar-refractivity contribution in [2.75, 3.05) is 0 Å². The van der Waals surface area contributed by atoms with Crippen molar-refractivity contribution in [1.82, 2.24) is 13.9 Å². The van der Waals surface area contributed by atoms with Crippen LogP contribution < -0.4 is 27.1 Å². The lowest BCUT2D eigenvalue weighted by molar-refractivity contribution is -0.773. The van der Waals surface area contributed by atoms with E-state index in [2.05, 4.69) is 242 Å². The number of rotatable bonds is 3. The summed E-state index contributed by atoms with van der Waals surface area (Å²) in [7, 11) is 0. The molecule has 288 valence electrons. The molecule has 12 aromatic heterocycles. The number of hydrogen-bond acceptors (Lipinski definition) is 0. The Labute approximate surface area is 356 Å². The van der Waals surface area contributed by atoms with Crippen molar-refractivity contribution in [2.45, 2.75) is 0 Å². The molecule has 63 heavy (non-hydrogen) atoms. The molecule has 0 aliphatic heterocycles. The fourth-order valence-electron chi connectivity index (χ4n) is 11.2. The minimum atomic E-state index is 1.17. The smallest absolute Gasteiger partial charge is 0.0495 e. The zero-order valence-corrected chi connectivity index (χ0v) is 33.6. The van der Waals surface area contributed by atoms with Gasteiger partial charge in [0.05, 0.1) is 46.2 Å². The van der Waals surface area contributed by atoms with E-state index in [0.29, 0.717) is 0 Å². The predicted octanol–water partition coefficient (Wildman–Crippen LogP) is 7.65. The first-order valence-corrected chi connectivity index (χ1v) is 21.4. The zero-order valence-electron chi connectivity index (χ0n) is 33.6. The van der Waals surface area contributed by atoms with Gasteiger partial charge in [-0.25, -0.2) is 0 Å². The van der Waals surface area contributed by atoms with Gasteiger partial charge < -0.3 is 0 Å². The lowest BCUT2D eigenvalue weighted by Crippen LogP contribution is -2.42. The summed E-state index contributed by atoms with van der Waals surface area (Å²) in [6.07, 6.45) is 12.9. The fraction of sp³-hybridized carbons (Fsp3) is 0. The van der Waals surface area contributed by atoms with Crippen molar-refractivity contribution in [3.05, 3.63) is 201 Å². The van der Waals surface area contributed by atoms with Gasteiger partial charge in [0.15, 0.2) is 16.6 Å². The second kappa shape index (κ2) is 11.1. The number of pyridine rings is 6. The Kier molecular flexibility index (Phi) is 5.64. The maximum Gasteiger partial charge on any atom is 0.251 e. The van der Waals surface area contributed by atoms with Crippen LogP contribution in [0.3, 0.4) is 0 Å². The molecule has 4 aromatic carbocycles. The van der Waals surface area contributed by atoms with Crippen molar-refractivity contribution < 1.29 is 27.1 Å². The van der Waals surface area contributed by atoms with Gasteiger partial charge in [0.25, 0.3) is 33.1 Å². The van der Waals surface area contributed by atoms with Crippen molar-refractivity contribution in [1.29, 1.82) is 0 Å². The Balaban J connectivity index is 1.04. The third-order valence-corrected chi connectivity index (χ3v) is 13.8. The van der Waals surface area contributed by atoms with Crippen LogP contribution in [-0.4, -0.2) is 13.9 Å². The van der Waals surface area contributed by atoms with E-state index in [1.807, 2.05) is 0 Å². The minimum Gasteiger partial charge on any atom is -0.0495 e. The van der Waals surface area contributed by atoms with E-state index in [-0.39, 0.29) is 0 Å². The average molecular weight is 808 g/mol. The molecule has 0 spiro atoms.